The molecule has 0 radical (unpaired) electrons. The summed E-state index contributed by atoms with van der Waals surface area (Å²) in [5.74, 6) is 1.81. The molecule has 0 atom stereocenters. The first-order chi connectivity index (χ1) is 4.36. The van der Waals surface area contributed by atoms with Crippen molar-refractivity contribution in [3.05, 3.63) is 9.78 Å². The zero-order valence-corrected chi connectivity index (χ0v) is 6.39. The second-order valence-corrected chi connectivity index (χ2v) is 3.69. The fourth-order valence-corrected chi connectivity index (χ4v) is 1.52. The molecule has 0 aliphatic heterocycles. The van der Waals surface area contributed by atoms with Crippen molar-refractivity contribution in [1.29, 1.82) is 0 Å². The number of nitrogens with zero attached hydrogens (tertiary/aromatic N) is 1. The molecular formula is C5H6N2S2. The normalized spacial score (nSPS) is 18.2. The van der Waals surface area contributed by atoms with Crippen LogP contribution >= 0.6 is 23.8 Å². The van der Waals surface area contributed by atoms with E-state index in [2.05, 4.69) is 9.36 Å². The van der Waals surface area contributed by atoms with Crippen LogP contribution in [0.3, 0.4) is 0 Å². The number of nitrogens with one attached hydrogen (secondary N) is 1. The molecule has 0 amide bonds. The first-order valence-corrected chi connectivity index (χ1v) is 4.10. The molecule has 0 unspecified atom stereocenters. The van der Waals surface area contributed by atoms with E-state index in [1.54, 1.807) is 0 Å². The van der Waals surface area contributed by atoms with Gasteiger partial charge in [-0.25, -0.2) is 0 Å². The van der Waals surface area contributed by atoms with Gasteiger partial charge in [-0.2, -0.15) is 4.37 Å². The van der Waals surface area contributed by atoms with Crippen LogP contribution in [0.4, 0.5) is 0 Å². The van der Waals surface area contributed by atoms with Crippen molar-refractivity contribution < 1.29 is 0 Å². The third-order valence-electron chi connectivity index (χ3n) is 1.42. The summed E-state index contributed by atoms with van der Waals surface area (Å²) in [4.78, 5) is 3.06. The summed E-state index contributed by atoms with van der Waals surface area (Å²) in [7, 11) is 0. The van der Waals surface area contributed by atoms with E-state index in [-0.39, 0.29) is 0 Å². The molecule has 1 aliphatic carbocycles. The second kappa shape index (κ2) is 1.88. The molecule has 0 bridgehead atoms. The highest BCUT2D eigenvalue weighted by Gasteiger charge is 2.26. The van der Waals surface area contributed by atoms with Gasteiger partial charge in [0.2, 0.25) is 0 Å². The second-order valence-electron chi connectivity index (χ2n) is 2.25. The molecule has 0 saturated heterocycles. The molecule has 4 heteroatoms. The first kappa shape index (κ1) is 5.56. The van der Waals surface area contributed by atoms with Gasteiger partial charge < -0.3 is 4.98 Å². The molecule has 48 valence electrons. The molecule has 1 saturated carbocycles. The van der Waals surface area contributed by atoms with Crippen molar-refractivity contribution in [3.63, 3.8) is 0 Å². The minimum atomic E-state index is 0.706. The van der Waals surface area contributed by atoms with Crippen molar-refractivity contribution in [2.24, 2.45) is 0 Å². The van der Waals surface area contributed by atoms with Gasteiger partial charge in [-0.05, 0) is 36.6 Å². The van der Waals surface area contributed by atoms with Crippen LogP contribution in [-0.4, -0.2) is 9.36 Å². The number of H-pyrrole nitrogens is 1. The quantitative estimate of drug-likeness (QED) is 0.634. The fraction of sp³-hybridized carbons (Fsp3) is 0.600. The highest BCUT2D eigenvalue weighted by Crippen LogP contribution is 2.38. The molecule has 1 aliphatic rings. The van der Waals surface area contributed by atoms with E-state index >= 15 is 0 Å². The van der Waals surface area contributed by atoms with E-state index in [9.17, 15) is 0 Å². The van der Waals surface area contributed by atoms with E-state index in [1.165, 1.54) is 24.4 Å². The van der Waals surface area contributed by atoms with Gasteiger partial charge in [-0.15, -0.1) is 0 Å². The van der Waals surface area contributed by atoms with Gasteiger partial charge in [-0.1, -0.05) is 0 Å². The lowest BCUT2D eigenvalue weighted by Gasteiger charge is -1.81. The highest BCUT2D eigenvalue weighted by molar-refractivity contribution is 7.73. The van der Waals surface area contributed by atoms with Crippen molar-refractivity contribution in [3.8, 4) is 0 Å². The predicted octanol–water partition coefficient (Wildman–Crippen LogP) is 2.08. The SMILES string of the molecule is S=c1[nH]c(C2CC2)ns1. The summed E-state index contributed by atoms with van der Waals surface area (Å²) in [6, 6.07) is 0. The van der Waals surface area contributed by atoms with Crippen LogP contribution in [0, 0.1) is 3.95 Å². The molecule has 0 spiro atoms. The Balaban J connectivity index is 2.38. The van der Waals surface area contributed by atoms with Crippen LogP contribution in [0.25, 0.3) is 0 Å². The lowest BCUT2D eigenvalue weighted by atomic mass is 10.4. The van der Waals surface area contributed by atoms with E-state index in [4.69, 9.17) is 12.2 Å². The Labute approximate surface area is 62.1 Å². The van der Waals surface area contributed by atoms with E-state index in [1.807, 2.05) is 0 Å². The third kappa shape index (κ3) is 1.04. The fourth-order valence-electron chi connectivity index (χ4n) is 0.774. The maximum absolute atomic E-state index is 4.88. The molecule has 1 N–H and O–H groups in total. The molecule has 1 heterocycles. The Morgan fingerprint density at radius 3 is 2.89 bits per heavy atom. The summed E-state index contributed by atoms with van der Waals surface area (Å²) in [6.07, 6.45) is 2.57. The molecule has 1 aromatic rings. The monoisotopic (exact) mass is 158 g/mol. The Morgan fingerprint density at radius 2 is 2.44 bits per heavy atom. The highest BCUT2D eigenvalue weighted by atomic mass is 32.2. The van der Waals surface area contributed by atoms with Gasteiger partial charge in [0, 0.05) is 5.92 Å². The molecule has 2 rings (SSSR count). The number of rotatable bonds is 1. The summed E-state index contributed by atoms with van der Waals surface area (Å²) in [5, 5.41) is 0. The van der Waals surface area contributed by atoms with Crippen LogP contribution in [0.1, 0.15) is 24.6 Å². The van der Waals surface area contributed by atoms with E-state index < -0.39 is 0 Å². The van der Waals surface area contributed by atoms with Gasteiger partial charge >= 0.3 is 0 Å². The molecule has 1 aromatic heterocycles. The number of hydrogen-bond donors (Lipinski definition) is 1. The zero-order valence-electron chi connectivity index (χ0n) is 4.76. The van der Waals surface area contributed by atoms with Gasteiger partial charge in [0.1, 0.15) is 5.82 Å². The predicted molar refractivity (Wildman–Crippen MR) is 39.3 cm³/mol. The minimum absolute atomic E-state index is 0.706. The Bertz CT molecular complexity index is 258. The summed E-state index contributed by atoms with van der Waals surface area (Å²) in [6.45, 7) is 0. The number of aromatic nitrogens is 2. The van der Waals surface area contributed by atoms with Gasteiger partial charge in [0.25, 0.3) is 0 Å². The lowest BCUT2D eigenvalue weighted by molar-refractivity contribution is 0.982. The van der Waals surface area contributed by atoms with Gasteiger partial charge in [0.15, 0.2) is 3.95 Å². The van der Waals surface area contributed by atoms with Gasteiger partial charge in [0.05, 0.1) is 0 Å². The molecule has 1 fully saturated rings. The first-order valence-electron chi connectivity index (χ1n) is 2.92. The summed E-state index contributed by atoms with van der Waals surface area (Å²) in [5.41, 5.74) is 0. The van der Waals surface area contributed by atoms with E-state index in [0.29, 0.717) is 5.92 Å². The largest absolute Gasteiger partial charge is 0.324 e. The Kier molecular flexibility index (Phi) is 1.16. The van der Waals surface area contributed by atoms with Crippen LogP contribution in [0.5, 0.6) is 0 Å². The maximum Gasteiger partial charge on any atom is 0.177 e. The molecule has 9 heavy (non-hydrogen) atoms. The summed E-state index contributed by atoms with van der Waals surface area (Å²) >= 11 is 6.26. The van der Waals surface area contributed by atoms with Gasteiger partial charge in [-0.3, -0.25) is 0 Å². The Morgan fingerprint density at radius 1 is 1.67 bits per heavy atom. The van der Waals surface area contributed by atoms with Crippen LogP contribution in [0.2, 0.25) is 0 Å². The zero-order chi connectivity index (χ0) is 6.27. The molecule has 2 nitrogen and oxygen atoms in total. The Hall–Kier alpha value is -0.220. The average molecular weight is 158 g/mol. The molecular weight excluding hydrogens is 152 g/mol. The smallest absolute Gasteiger partial charge is 0.177 e. The van der Waals surface area contributed by atoms with Crippen molar-refractivity contribution >= 4 is 23.8 Å². The third-order valence-corrected chi connectivity index (χ3v) is 2.30. The van der Waals surface area contributed by atoms with Crippen molar-refractivity contribution in [1.82, 2.24) is 9.36 Å². The topological polar surface area (TPSA) is 28.7 Å². The number of aromatic amines is 1. The van der Waals surface area contributed by atoms with Crippen LogP contribution in [-0.2, 0) is 0 Å². The average Bonchev–Trinajstić information content (AvgIpc) is 2.58. The maximum atomic E-state index is 4.88. The van der Waals surface area contributed by atoms with Crippen LogP contribution in [0.15, 0.2) is 0 Å². The van der Waals surface area contributed by atoms with Crippen molar-refractivity contribution in [2.45, 2.75) is 18.8 Å². The number of hydrogen-bond acceptors (Lipinski definition) is 3. The molecule has 0 aromatic carbocycles. The minimum Gasteiger partial charge on any atom is -0.324 e. The summed E-state index contributed by atoms with van der Waals surface area (Å²) < 4.78 is 4.96. The van der Waals surface area contributed by atoms with E-state index in [0.717, 1.165) is 9.78 Å². The standard InChI is InChI=1S/C5H6N2S2/c8-5-6-4(7-9-5)3-1-2-3/h3H,1-2H2,(H,6,7,8). The van der Waals surface area contributed by atoms with Crippen LogP contribution < -0.4 is 0 Å². The van der Waals surface area contributed by atoms with Crippen molar-refractivity contribution in [2.75, 3.05) is 0 Å². The lowest BCUT2D eigenvalue weighted by Crippen LogP contribution is -1.78.